The lowest BCUT2D eigenvalue weighted by Gasteiger charge is -2.32. The van der Waals surface area contributed by atoms with Gasteiger partial charge in [-0.05, 0) is 100.0 Å². The molecule has 2 heterocycles. The molecule has 17 heteroatoms. The number of urea groups is 1. The third kappa shape index (κ3) is 11.3. The summed E-state index contributed by atoms with van der Waals surface area (Å²) in [6, 6.07) is 8.22. The summed E-state index contributed by atoms with van der Waals surface area (Å²) >= 11 is 0. The molecule has 0 saturated carbocycles. The van der Waals surface area contributed by atoms with Crippen molar-refractivity contribution in [3.8, 4) is 0 Å². The van der Waals surface area contributed by atoms with Gasteiger partial charge in [-0.15, -0.1) is 4.99 Å². The summed E-state index contributed by atoms with van der Waals surface area (Å²) in [6.45, 7) is 18.9. The van der Waals surface area contributed by atoms with Crippen LogP contribution in [0, 0.1) is 5.92 Å². The number of nitrogens with one attached hydrogen (secondary N) is 2. The molecule has 2 aliphatic heterocycles. The lowest BCUT2D eigenvalue weighted by molar-refractivity contribution is -0.156. The normalized spacial score (nSPS) is 22.0. The molecule has 0 radical (unpaired) electrons. The highest BCUT2D eigenvalue weighted by Crippen LogP contribution is 2.41. The number of nitrogens with zero attached hydrogens (tertiary/aromatic N) is 5. The minimum atomic E-state index is -1.81. The van der Waals surface area contributed by atoms with E-state index in [9.17, 15) is 24.7 Å². The fraction of sp³-hybridized carbons (Fsp3) is 0.676. The maximum absolute atomic E-state index is 14.0. The first-order valence-electron chi connectivity index (χ1n) is 17.0. The largest absolute Gasteiger partial charge is 0.457 e. The van der Waals surface area contributed by atoms with E-state index >= 15 is 0 Å². The zero-order chi connectivity index (χ0) is 38.4. The highest BCUT2D eigenvalue weighted by molar-refractivity contribution is 6.45. The number of amides is 4. The first-order chi connectivity index (χ1) is 23.5. The number of benzene rings is 1. The first-order valence-corrected chi connectivity index (χ1v) is 17.0. The van der Waals surface area contributed by atoms with Gasteiger partial charge in [0.15, 0.2) is 5.54 Å². The first kappa shape index (κ1) is 41.1. The topological polar surface area (TPSA) is 203 Å². The second-order valence-electron chi connectivity index (χ2n) is 15.8. The van der Waals surface area contributed by atoms with E-state index in [4.69, 9.17) is 23.5 Å². The van der Waals surface area contributed by atoms with E-state index in [0.717, 1.165) is 5.56 Å². The van der Waals surface area contributed by atoms with Crippen molar-refractivity contribution < 1.29 is 42.7 Å². The Balaban J connectivity index is 1.90. The van der Waals surface area contributed by atoms with E-state index in [2.05, 4.69) is 25.7 Å². The van der Waals surface area contributed by atoms with Gasteiger partial charge in [0.1, 0.15) is 17.3 Å². The molecule has 0 spiro atoms. The molecule has 2 N–H and O–H groups in total. The maximum Gasteiger partial charge on any atom is 0.457 e. The number of carbonyl (C=O) groups excluding carboxylic acids is 4. The van der Waals surface area contributed by atoms with Crippen LogP contribution >= 0.6 is 0 Å². The van der Waals surface area contributed by atoms with Crippen LogP contribution in [0.3, 0.4) is 0 Å². The Morgan fingerprint density at radius 3 is 2.14 bits per heavy atom. The molecule has 16 nitrogen and oxygen atoms in total. The number of alkyl carbamates (subject to hydrolysis) is 1. The standard InChI is InChI=1S/C34H52BN7O9/c1-22(23-16-13-12-14-17-23)47-25(43)34(40-41-36)21-42(20-24(34)18-15-19-35-50-32(8,9)33(10,11)51-35)27(44)37-26(38-28(45)48-30(2,3)4)39-29(46)49-31(5,6)7/h12-14,16-17,22,24H,15,18-21H2,1-11H3,(H2,37,38,39,44,45,46)/t22-,24-,34-/m1/s1. The molecule has 0 bridgehead atoms. The van der Waals surface area contributed by atoms with E-state index in [-0.39, 0.29) is 13.1 Å². The zero-order valence-electron chi connectivity index (χ0n) is 31.6. The number of aliphatic imine (C=N–C) groups is 1. The van der Waals surface area contributed by atoms with Crippen LogP contribution in [0.4, 0.5) is 14.4 Å². The third-order valence-corrected chi connectivity index (χ3v) is 8.70. The zero-order valence-corrected chi connectivity index (χ0v) is 31.6. The monoisotopic (exact) mass is 713 g/mol. The smallest absolute Gasteiger partial charge is 0.457 e. The molecule has 280 valence electrons. The van der Waals surface area contributed by atoms with E-state index < -0.39 is 77.2 Å². The second kappa shape index (κ2) is 15.9. The van der Waals surface area contributed by atoms with Gasteiger partial charge < -0.3 is 28.4 Å². The van der Waals surface area contributed by atoms with Crippen LogP contribution in [0.5, 0.6) is 0 Å². The van der Waals surface area contributed by atoms with Gasteiger partial charge in [-0.1, -0.05) is 41.9 Å². The molecule has 3 rings (SSSR count). The van der Waals surface area contributed by atoms with Gasteiger partial charge >= 0.3 is 31.3 Å². The summed E-state index contributed by atoms with van der Waals surface area (Å²) in [4.78, 5) is 61.0. The Labute approximate surface area is 300 Å². The molecule has 2 aliphatic rings. The Morgan fingerprint density at radius 2 is 1.59 bits per heavy atom. The average Bonchev–Trinajstić information content (AvgIpc) is 3.44. The van der Waals surface area contributed by atoms with Gasteiger partial charge in [0.05, 0.1) is 11.2 Å². The fourth-order valence-corrected chi connectivity index (χ4v) is 5.56. The van der Waals surface area contributed by atoms with Crippen molar-refractivity contribution >= 4 is 37.3 Å². The molecule has 2 saturated heterocycles. The van der Waals surface area contributed by atoms with Gasteiger partial charge in [-0.3, -0.25) is 15.4 Å². The summed E-state index contributed by atoms with van der Waals surface area (Å²) in [6.07, 6.45) is -1.47. The van der Waals surface area contributed by atoms with Crippen LogP contribution in [0.2, 0.25) is 6.32 Å². The van der Waals surface area contributed by atoms with Gasteiger partial charge in [-0.2, -0.15) is 0 Å². The minimum absolute atomic E-state index is 0.0464. The van der Waals surface area contributed by atoms with Gasteiger partial charge in [-0.25, -0.2) is 14.4 Å². The Morgan fingerprint density at radius 1 is 1.00 bits per heavy atom. The summed E-state index contributed by atoms with van der Waals surface area (Å²) in [5, 5.41) is 8.69. The quantitative estimate of drug-likeness (QED) is 0.0431. The molecule has 4 amide bonds. The van der Waals surface area contributed by atoms with E-state index in [1.165, 1.54) is 4.90 Å². The molecule has 0 aromatic heterocycles. The lowest BCUT2D eigenvalue weighted by Crippen LogP contribution is -2.51. The van der Waals surface area contributed by atoms with Crippen molar-refractivity contribution in [2.24, 2.45) is 16.0 Å². The predicted molar refractivity (Wildman–Crippen MR) is 190 cm³/mol. The number of hydrogen-bond donors (Lipinski definition) is 2. The summed E-state index contributed by atoms with van der Waals surface area (Å²) in [5.41, 5.74) is 5.77. The molecule has 3 atom stereocenters. The number of likely N-dealkylation sites (tertiary alicyclic amines) is 1. The van der Waals surface area contributed by atoms with Gasteiger partial charge in [0, 0.05) is 23.9 Å². The van der Waals surface area contributed by atoms with E-state index in [0.29, 0.717) is 19.2 Å². The molecule has 1 aromatic rings. The second-order valence-corrected chi connectivity index (χ2v) is 15.8. The minimum Gasteiger partial charge on any atom is -0.457 e. The van der Waals surface area contributed by atoms with Crippen molar-refractivity contribution in [2.45, 2.75) is 129 Å². The SMILES string of the molecule is C[C@@H](OC(=O)[C@@]1(N=[N+]=[N-])CN(C(=O)NC(=NC(=O)OC(C)(C)C)NC(=O)OC(C)(C)C)C[C@H]1CCCB1OC(C)(C)C(C)(C)O1)c1ccccc1. The van der Waals surface area contributed by atoms with E-state index in [1.807, 2.05) is 45.9 Å². The molecule has 2 fully saturated rings. The average molecular weight is 714 g/mol. The molecular formula is C34H52BN7O9. The van der Waals surface area contributed by atoms with Crippen LogP contribution in [-0.2, 0) is 28.3 Å². The van der Waals surface area contributed by atoms with E-state index in [1.54, 1.807) is 60.6 Å². The number of azide groups is 1. The highest BCUT2D eigenvalue weighted by atomic mass is 16.7. The number of guanidine groups is 1. The fourth-order valence-electron chi connectivity index (χ4n) is 5.56. The van der Waals surface area contributed by atoms with Crippen molar-refractivity contribution in [2.75, 3.05) is 13.1 Å². The molecule has 0 unspecified atom stereocenters. The van der Waals surface area contributed by atoms with Crippen LogP contribution in [0.15, 0.2) is 40.4 Å². The van der Waals surface area contributed by atoms with Crippen LogP contribution in [-0.4, -0.2) is 83.2 Å². The number of ether oxygens (including phenoxy) is 3. The van der Waals surface area contributed by atoms with Crippen LogP contribution in [0.1, 0.15) is 101 Å². The Hall–Kier alpha value is -4.34. The van der Waals surface area contributed by atoms with Crippen LogP contribution < -0.4 is 10.6 Å². The lowest BCUT2D eigenvalue weighted by atomic mass is 9.78. The molecular weight excluding hydrogens is 661 g/mol. The number of carbonyl (C=O) groups is 4. The van der Waals surface area contributed by atoms with Crippen molar-refractivity contribution in [3.05, 3.63) is 46.3 Å². The summed E-state index contributed by atoms with van der Waals surface area (Å²) < 4.78 is 28.7. The van der Waals surface area contributed by atoms with Crippen molar-refractivity contribution in [1.82, 2.24) is 15.5 Å². The summed E-state index contributed by atoms with van der Waals surface area (Å²) in [5.74, 6) is -2.06. The van der Waals surface area contributed by atoms with Crippen molar-refractivity contribution in [3.63, 3.8) is 0 Å². The van der Waals surface area contributed by atoms with Crippen LogP contribution in [0.25, 0.3) is 10.4 Å². The third-order valence-electron chi connectivity index (χ3n) is 8.70. The number of esters is 1. The Bertz CT molecular complexity index is 1500. The number of rotatable bonds is 8. The maximum atomic E-state index is 14.0. The molecule has 1 aromatic carbocycles. The molecule has 51 heavy (non-hydrogen) atoms. The Kier molecular flexibility index (Phi) is 12.8. The number of hydrogen-bond acceptors (Lipinski definition) is 10. The van der Waals surface area contributed by atoms with Gasteiger partial charge in [0.2, 0.25) is 5.96 Å². The molecule has 0 aliphatic carbocycles. The predicted octanol–water partition coefficient (Wildman–Crippen LogP) is 6.67. The van der Waals surface area contributed by atoms with Gasteiger partial charge in [0.25, 0.3) is 0 Å². The highest BCUT2D eigenvalue weighted by Gasteiger charge is 2.55. The van der Waals surface area contributed by atoms with Crippen molar-refractivity contribution in [1.29, 1.82) is 0 Å². The summed E-state index contributed by atoms with van der Waals surface area (Å²) in [7, 11) is -0.500.